The zero-order valence-electron chi connectivity index (χ0n) is 28.7. The molecule has 12 nitrogen and oxygen atoms in total. The van der Waals surface area contributed by atoms with E-state index in [9.17, 15) is 24.0 Å². The van der Waals surface area contributed by atoms with Crippen molar-refractivity contribution in [1.82, 2.24) is 25.8 Å². The summed E-state index contributed by atoms with van der Waals surface area (Å²) < 4.78 is 26.5. The van der Waals surface area contributed by atoms with Gasteiger partial charge < -0.3 is 35.2 Å². The van der Waals surface area contributed by atoms with Gasteiger partial charge in [-0.1, -0.05) is 26.0 Å². The molecule has 2 amide bonds. The molecule has 1 saturated carbocycles. The lowest BCUT2D eigenvalue weighted by Crippen LogP contribution is -2.51. The monoisotopic (exact) mass is 715 g/mol. The standard InChI is InChI=1S/C36H46FN5O7S.2H2/c1-22(2)16-30(40-34(45)29(39-21-43)10-15-50-3)36(47)49-25-8-4-23(5-9-25)20-48-35(46)27-19-42(24-6-7-24)31-18-32(41-13-11-38-12-14-41)28(37)17-26(31)33(27)44;;/h4-5,8-9,17-19,21-22,24,26,29-31,38H,6-7,10-16,20H2,1-3H3,(H,39,43)(H,40,45);2*1H/t26?,29-,30-,31?;;/m0../s1. The van der Waals surface area contributed by atoms with Crippen LogP contribution in [0.15, 0.2) is 59.7 Å². The number of Topliss-reactive ketones (excluding diaryl/α,β-unsaturated/α-hetero) is 1. The number of fused-ring (bicyclic) bond motifs is 1. The van der Waals surface area contributed by atoms with E-state index in [-0.39, 0.29) is 38.8 Å². The summed E-state index contributed by atoms with van der Waals surface area (Å²) in [6.07, 6.45) is 9.74. The summed E-state index contributed by atoms with van der Waals surface area (Å²) >= 11 is 1.54. The number of esters is 2. The zero-order valence-corrected chi connectivity index (χ0v) is 29.5. The van der Waals surface area contributed by atoms with E-state index in [0.717, 1.165) is 25.9 Å². The first-order valence-electron chi connectivity index (χ1n) is 17.1. The van der Waals surface area contributed by atoms with Gasteiger partial charge in [-0.2, -0.15) is 11.8 Å². The third kappa shape index (κ3) is 9.33. The molecule has 3 N–H and O–H groups in total. The normalized spacial score (nSPS) is 21.6. The first-order valence-corrected chi connectivity index (χ1v) is 18.5. The number of thioether (sulfide) groups is 1. The predicted octanol–water partition coefficient (Wildman–Crippen LogP) is 3.10. The highest BCUT2D eigenvalue weighted by Crippen LogP contribution is 2.40. The minimum atomic E-state index is -0.930. The Morgan fingerprint density at radius 1 is 1.12 bits per heavy atom. The SMILES string of the molecule is CSCC[C@H](NC=O)C(=O)N[C@@H](CC(C)C)C(=O)Oc1ccc(COC(=O)C2=CN(C3CC3)C3C=C(N4CCNCC4)C(F)=CC3C2=O)cc1.[HH].[HH]. The Kier molecular flexibility index (Phi) is 12.7. The second-order valence-corrected chi connectivity index (χ2v) is 14.3. The quantitative estimate of drug-likeness (QED) is 0.101. The lowest BCUT2D eigenvalue weighted by molar-refractivity contribution is -0.142. The van der Waals surface area contributed by atoms with Crippen molar-refractivity contribution in [2.24, 2.45) is 11.8 Å². The van der Waals surface area contributed by atoms with Crippen LogP contribution in [0.25, 0.3) is 0 Å². The van der Waals surface area contributed by atoms with Gasteiger partial charge in [0.15, 0.2) is 5.78 Å². The van der Waals surface area contributed by atoms with Crippen LogP contribution in [0.4, 0.5) is 4.39 Å². The van der Waals surface area contributed by atoms with E-state index in [4.69, 9.17) is 9.47 Å². The Labute approximate surface area is 299 Å². The van der Waals surface area contributed by atoms with Crippen LogP contribution in [0.1, 0.15) is 47.9 Å². The topological polar surface area (TPSA) is 146 Å². The average Bonchev–Trinajstić information content (AvgIpc) is 3.95. The predicted molar refractivity (Wildman–Crippen MR) is 190 cm³/mol. The molecule has 274 valence electrons. The molecular formula is C36H50FN5O7S. The first-order chi connectivity index (χ1) is 24.1. The van der Waals surface area contributed by atoms with Gasteiger partial charge in [0, 0.05) is 41.3 Å². The number of ether oxygens (including phenoxy) is 2. The Morgan fingerprint density at radius 3 is 2.48 bits per heavy atom. The molecule has 2 unspecified atom stereocenters. The number of nitrogens with one attached hydrogen (secondary N) is 3. The van der Waals surface area contributed by atoms with Crippen molar-refractivity contribution >= 4 is 41.8 Å². The van der Waals surface area contributed by atoms with Gasteiger partial charge >= 0.3 is 11.9 Å². The van der Waals surface area contributed by atoms with Crippen molar-refractivity contribution in [3.63, 3.8) is 0 Å². The summed E-state index contributed by atoms with van der Waals surface area (Å²) in [5, 5.41) is 8.50. The minimum Gasteiger partial charge on any atom is -0.457 e. The zero-order chi connectivity index (χ0) is 35.8. The summed E-state index contributed by atoms with van der Waals surface area (Å²) in [6, 6.07) is 4.46. The molecule has 2 fully saturated rings. The second-order valence-electron chi connectivity index (χ2n) is 13.4. The van der Waals surface area contributed by atoms with Crippen LogP contribution in [0.3, 0.4) is 0 Å². The maximum atomic E-state index is 15.3. The van der Waals surface area contributed by atoms with Crippen LogP contribution < -0.4 is 20.7 Å². The van der Waals surface area contributed by atoms with Gasteiger partial charge in [0.25, 0.3) is 0 Å². The number of allylic oxidation sites excluding steroid dienone is 1. The molecule has 2 aliphatic carbocycles. The number of carbonyl (C=O) groups is 5. The number of hydrogen-bond donors (Lipinski definition) is 3. The number of piperazine rings is 1. The van der Waals surface area contributed by atoms with Crippen LogP contribution in [0.5, 0.6) is 5.75 Å². The number of nitrogens with zero attached hydrogens (tertiary/aromatic N) is 2. The molecule has 1 saturated heterocycles. The molecule has 0 radical (unpaired) electrons. The van der Waals surface area contributed by atoms with E-state index in [1.807, 2.05) is 36.0 Å². The summed E-state index contributed by atoms with van der Waals surface area (Å²) in [5.41, 5.74) is 0.987. The molecule has 4 aliphatic rings. The summed E-state index contributed by atoms with van der Waals surface area (Å²) in [6.45, 7) is 6.57. The van der Waals surface area contributed by atoms with Crippen molar-refractivity contribution in [2.75, 3.05) is 38.2 Å². The molecule has 0 aromatic heterocycles. The van der Waals surface area contributed by atoms with Gasteiger partial charge in [-0.25, -0.2) is 14.0 Å². The fraction of sp³-hybridized carbons (Fsp3) is 0.528. The van der Waals surface area contributed by atoms with E-state index < -0.39 is 47.5 Å². The van der Waals surface area contributed by atoms with Crippen LogP contribution in [-0.2, 0) is 35.3 Å². The summed E-state index contributed by atoms with van der Waals surface area (Å²) in [7, 11) is 0. The highest BCUT2D eigenvalue weighted by molar-refractivity contribution is 7.98. The molecule has 5 rings (SSSR count). The molecule has 4 atom stereocenters. The van der Waals surface area contributed by atoms with Crippen LogP contribution >= 0.6 is 11.8 Å². The van der Waals surface area contributed by atoms with Crippen LogP contribution in [-0.4, -0.2) is 102 Å². The Morgan fingerprint density at radius 2 is 1.84 bits per heavy atom. The average molecular weight is 716 g/mol. The van der Waals surface area contributed by atoms with Gasteiger partial charge in [-0.15, -0.1) is 0 Å². The van der Waals surface area contributed by atoms with Crippen molar-refractivity contribution in [3.05, 3.63) is 65.3 Å². The minimum absolute atomic E-state index is 0. The highest BCUT2D eigenvalue weighted by Gasteiger charge is 2.46. The number of carbonyl (C=O) groups excluding carboxylic acids is 5. The van der Waals surface area contributed by atoms with Crippen molar-refractivity contribution < 1.29 is 40.7 Å². The van der Waals surface area contributed by atoms with Crippen molar-refractivity contribution in [3.8, 4) is 5.75 Å². The first kappa shape index (κ1) is 37.1. The van der Waals surface area contributed by atoms with Gasteiger partial charge in [-0.05, 0) is 73.5 Å². The number of hydrogen-bond acceptors (Lipinski definition) is 11. The largest absolute Gasteiger partial charge is 0.457 e. The van der Waals surface area contributed by atoms with Gasteiger partial charge in [0.1, 0.15) is 35.8 Å². The number of halogens is 1. The fourth-order valence-electron chi connectivity index (χ4n) is 6.34. The maximum absolute atomic E-state index is 15.3. The molecule has 2 heterocycles. The van der Waals surface area contributed by atoms with E-state index in [1.165, 1.54) is 6.08 Å². The van der Waals surface area contributed by atoms with Gasteiger partial charge in [0.05, 0.1) is 17.7 Å². The second kappa shape index (κ2) is 17.2. The van der Waals surface area contributed by atoms with Crippen molar-refractivity contribution in [1.29, 1.82) is 0 Å². The molecule has 1 aromatic rings. The molecule has 1 aromatic carbocycles. The molecule has 50 heavy (non-hydrogen) atoms. The Hall–Kier alpha value is -4.17. The number of amides is 2. The summed E-state index contributed by atoms with van der Waals surface area (Å²) in [4.78, 5) is 67.8. The lowest BCUT2D eigenvalue weighted by Gasteiger charge is -2.41. The van der Waals surface area contributed by atoms with E-state index in [1.54, 1.807) is 42.2 Å². The third-order valence-corrected chi connectivity index (χ3v) is 9.76. The maximum Gasteiger partial charge on any atom is 0.343 e. The third-order valence-electron chi connectivity index (χ3n) is 9.12. The molecule has 0 spiro atoms. The summed E-state index contributed by atoms with van der Waals surface area (Å²) in [5.74, 6) is -2.68. The van der Waals surface area contributed by atoms with Gasteiger partial charge in [0.2, 0.25) is 12.3 Å². The molecular weight excluding hydrogens is 665 g/mol. The van der Waals surface area contributed by atoms with Gasteiger partial charge in [-0.3, -0.25) is 14.4 Å². The molecule has 14 heteroatoms. The number of ketones is 1. The number of benzene rings is 1. The van der Waals surface area contributed by atoms with Crippen LogP contribution in [0, 0.1) is 11.8 Å². The fourth-order valence-corrected chi connectivity index (χ4v) is 6.81. The molecule has 2 aliphatic heterocycles. The lowest BCUT2D eigenvalue weighted by atomic mass is 9.82. The van der Waals surface area contributed by atoms with E-state index in [0.29, 0.717) is 49.4 Å². The highest BCUT2D eigenvalue weighted by atomic mass is 32.2. The van der Waals surface area contributed by atoms with E-state index >= 15 is 4.39 Å². The van der Waals surface area contributed by atoms with Crippen molar-refractivity contribution in [2.45, 2.75) is 70.3 Å². The smallest absolute Gasteiger partial charge is 0.343 e. The Bertz CT molecular complexity index is 1530. The Balaban J connectivity index is 0.00000364. The number of rotatable bonds is 16. The molecule has 0 bridgehead atoms. The van der Waals surface area contributed by atoms with Crippen LogP contribution in [0.2, 0.25) is 0 Å². The van der Waals surface area contributed by atoms with E-state index in [2.05, 4.69) is 16.0 Å².